The zero-order valence-corrected chi connectivity index (χ0v) is 15.6. The van der Waals surface area contributed by atoms with Crippen LogP contribution in [0.3, 0.4) is 0 Å². The van der Waals surface area contributed by atoms with Gasteiger partial charge in [0.25, 0.3) is 0 Å². The highest BCUT2D eigenvalue weighted by atomic mass is 32.1. The van der Waals surface area contributed by atoms with Crippen molar-refractivity contribution in [3.05, 3.63) is 54.6 Å². The number of anilines is 1. The highest BCUT2D eigenvalue weighted by molar-refractivity contribution is 7.21. The van der Waals surface area contributed by atoms with Gasteiger partial charge in [-0.1, -0.05) is 35.6 Å². The monoisotopic (exact) mass is 362 g/mol. The summed E-state index contributed by atoms with van der Waals surface area (Å²) in [5, 5.41) is 11.7. The van der Waals surface area contributed by atoms with Crippen LogP contribution in [0.4, 0.5) is 16.5 Å². The van der Waals surface area contributed by atoms with E-state index in [9.17, 15) is 0 Å². The third kappa shape index (κ3) is 2.99. The third-order valence-electron chi connectivity index (χ3n) is 4.19. The van der Waals surface area contributed by atoms with E-state index in [1.807, 2.05) is 50.5 Å². The van der Waals surface area contributed by atoms with Crippen molar-refractivity contribution < 1.29 is 4.74 Å². The second-order valence-electron chi connectivity index (χ2n) is 6.07. The van der Waals surface area contributed by atoms with Gasteiger partial charge in [-0.05, 0) is 30.3 Å². The van der Waals surface area contributed by atoms with Crippen molar-refractivity contribution in [3.8, 4) is 5.75 Å². The Morgan fingerprint density at radius 1 is 0.962 bits per heavy atom. The average Bonchev–Trinajstić information content (AvgIpc) is 3.07. The summed E-state index contributed by atoms with van der Waals surface area (Å²) in [5.41, 5.74) is 2.90. The Morgan fingerprint density at radius 2 is 1.77 bits per heavy atom. The van der Waals surface area contributed by atoms with Crippen LogP contribution in [0.1, 0.15) is 0 Å². The predicted octanol–water partition coefficient (Wildman–Crippen LogP) is 5.94. The normalized spacial score (nSPS) is 11.5. The molecular formula is C20H18N4OS. The number of nitrogens with zero attached hydrogens (tertiary/aromatic N) is 4. The fourth-order valence-electron chi connectivity index (χ4n) is 2.90. The minimum atomic E-state index is 0.633. The summed E-state index contributed by atoms with van der Waals surface area (Å²) in [6.07, 6.45) is 0. The quantitative estimate of drug-likeness (QED) is 0.422. The molecule has 5 nitrogen and oxygen atoms in total. The number of benzene rings is 3. The second-order valence-corrected chi connectivity index (χ2v) is 7.08. The Hall–Kier alpha value is -2.99. The summed E-state index contributed by atoms with van der Waals surface area (Å²) in [6.45, 7) is 0. The molecule has 1 heterocycles. The number of aromatic nitrogens is 1. The lowest BCUT2D eigenvalue weighted by Crippen LogP contribution is -2.08. The van der Waals surface area contributed by atoms with Crippen LogP contribution in [0.2, 0.25) is 0 Å². The molecule has 0 atom stereocenters. The molecule has 0 aliphatic carbocycles. The van der Waals surface area contributed by atoms with E-state index in [-0.39, 0.29) is 0 Å². The van der Waals surface area contributed by atoms with Gasteiger partial charge in [0, 0.05) is 30.6 Å². The van der Waals surface area contributed by atoms with Gasteiger partial charge in [0.2, 0.25) is 5.13 Å². The van der Waals surface area contributed by atoms with Gasteiger partial charge in [-0.3, -0.25) is 0 Å². The van der Waals surface area contributed by atoms with E-state index in [1.165, 1.54) is 11.3 Å². The molecule has 0 saturated heterocycles. The first-order valence-corrected chi connectivity index (χ1v) is 9.03. The van der Waals surface area contributed by atoms with E-state index in [0.29, 0.717) is 5.13 Å². The Morgan fingerprint density at radius 3 is 2.54 bits per heavy atom. The molecule has 4 rings (SSSR count). The molecule has 0 fully saturated rings. The first kappa shape index (κ1) is 16.5. The van der Waals surface area contributed by atoms with Gasteiger partial charge in [-0.15, -0.1) is 10.2 Å². The smallest absolute Gasteiger partial charge is 0.231 e. The lowest BCUT2D eigenvalue weighted by Gasteiger charge is -2.16. The van der Waals surface area contributed by atoms with E-state index >= 15 is 0 Å². The molecule has 0 saturated carbocycles. The highest BCUT2D eigenvalue weighted by Gasteiger charge is 2.08. The van der Waals surface area contributed by atoms with Crippen molar-refractivity contribution in [2.45, 2.75) is 0 Å². The van der Waals surface area contributed by atoms with Crippen LogP contribution in [0, 0.1) is 0 Å². The second kappa shape index (κ2) is 6.72. The van der Waals surface area contributed by atoms with Gasteiger partial charge in [0.05, 0.1) is 23.0 Å². The summed E-state index contributed by atoms with van der Waals surface area (Å²) in [7, 11) is 5.74. The molecule has 130 valence electrons. The van der Waals surface area contributed by atoms with Gasteiger partial charge >= 0.3 is 0 Å². The number of thiazole rings is 1. The Balaban J connectivity index is 1.74. The van der Waals surface area contributed by atoms with E-state index in [0.717, 1.165) is 38.1 Å². The Kier molecular flexibility index (Phi) is 4.26. The first-order chi connectivity index (χ1) is 12.7. The SMILES string of the molecule is COc1ccc2nc(N=Nc3ccc(N(C)C)c4ccccc34)sc2c1. The summed E-state index contributed by atoms with van der Waals surface area (Å²) >= 11 is 1.50. The zero-order chi connectivity index (χ0) is 18.1. The molecule has 26 heavy (non-hydrogen) atoms. The largest absolute Gasteiger partial charge is 0.497 e. The average molecular weight is 362 g/mol. The minimum Gasteiger partial charge on any atom is -0.497 e. The molecule has 0 aliphatic rings. The van der Waals surface area contributed by atoms with Gasteiger partial charge in [0.15, 0.2) is 0 Å². The van der Waals surface area contributed by atoms with Crippen LogP contribution in [0.15, 0.2) is 64.8 Å². The molecule has 0 aliphatic heterocycles. The highest BCUT2D eigenvalue weighted by Crippen LogP contribution is 2.35. The van der Waals surface area contributed by atoms with Crippen molar-refractivity contribution in [1.29, 1.82) is 0 Å². The van der Waals surface area contributed by atoms with Crippen molar-refractivity contribution in [2.24, 2.45) is 10.2 Å². The molecule has 0 unspecified atom stereocenters. The molecular weight excluding hydrogens is 344 g/mol. The number of rotatable bonds is 4. The molecule has 3 aromatic carbocycles. The number of hydrogen-bond acceptors (Lipinski definition) is 6. The van der Waals surface area contributed by atoms with Crippen molar-refractivity contribution in [3.63, 3.8) is 0 Å². The molecule has 6 heteroatoms. The predicted molar refractivity (Wildman–Crippen MR) is 109 cm³/mol. The molecule has 0 bridgehead atoms. The standard InChI is InChI=1S/C20H18N4OS/c1-24(2)18-11-10-16(14-6-4-5-7-15(14)18)22-23-20-21-17-9-8-13(25-3)12-19(17)26-20/h4-12H,1-3H3. The number of methoxy groups -OCH3 is 1. The van der Waals surface area contributed by atoms with Crippen LogP contribution in [0.25, 0.3) is 21.0 Å². The summed E-state index contributed by atoms with van der Waals surface area (Å²) in [6, 6.07) is 18.1. The molecule has 0 N–H and O–H groups in total. The maximum absolute atomic E-state index is 5.26. The summed E-state index contributed by atoms with van der Waals surface area (Å²) in [5.74, 6) is 0.815. The van der Waals surface area contributed by atoms with Crippen molar-refractivity contribution in [2.75, 3.05) is 26.1 Å². The maximum Gasteiger partial charge on any atom is 0.231 e. The van der Waals surface area contributed by atoms with Crippen molar-refractivity contribution in [1.82, 2.24) is 4.98 Å². The van der Waals surface area contributed by atoms with Crippen LogP contribution >= 0.6 is 11.3 Å². The molecule has 0 spiro atoms. The van der Waals surface area contributed by atoms with E-state index in [1.54, 1.807) is 7.11 Å². The van der Waals surface area contributed by atoms with Crippen LogP contribution in [0.5, 0.6) is 5.75 Å². The lowest BCUT2D eigenvalue weighted by molar-refractivity contribution is 0.415. The fraction of sp³-hybridized carbons (Fsp3) is 0.150. The number of ether oxygens (including phenoxy) is 1. The Bertz CT molecular complexity index is 1120. The van der Waals surface area contributed by atoms with E-state index in [4.69, 9.17) is 4.74 Å². The summed E-state index contributed by atoms with van der Waals surface area (Å²) in [4.78, 5) is 6.62. The van der Waals surface area contributed by atoms with E-state index < -0.39 is 0 Å². The van der Waals surface area contributed by atoms with Crippen LogP contribution in [-0.4, -0.2) is 26.2 Å². The fourth-order valence-corrected chi connectivity index (χ4v) is 3.72. The van der Waals surface area contributed by atoms with Crippen LogP contribution in [-0.2, 0) is 0 Å². The van der Waals surface area contributed by atoms with Gasteiger partial charge < -0.3 is 9.64 Å². The van der Waals surface area contributed by atoms with Gasteiger partial charge in [0.1, 0.15) is 5.75 Å². The number of azo groups is 1. The molecule has 1 aromatic heterocycles. The molecule has 0 amide bonds. The maximum atomic E-state index is 5.26. The number of fused-ring (bicyclic) bond motifs is 2. The van der Waals surface area contributed by atoms with E-state index in [2.05, 4.69) is 38.3 Å². The topological polar surface area (TPSA) is 50.1 Å². The van der Waals surface area contributed by atoms with Gasteiger partial charge in [-0.25, -0.2) is 4.98 Å². The van der Waals surface area contributed by atoms with Crippen molar-refractivity contribution >= 4 is 48.8 Å². The zero-order valence-electron chi connectivity index (χ0n) is 14.8. The Labute approximate surface area is 155 Å². The molecule has 4 aromatic rings. The lowest BCUT2D eigenvalue weighted by atomic mass is 10.1. The molecule has 0 radical (unpaired) electrons. The minimum absolute atomic E-state index is 0.633. The van der Waals surface area contributed by atoms with Crippen LogP contribution < -0.4 is 9.64 Å². The van der Waals surface area contributed by atoms with Gasteiger partial charge in [-0.2, -0.15) is 0 Å². The first-order valence-electron chi connectivity index (χ1n) is 8.21. The number of hydrogen-bond donors (Lipinski definition) is 0. The third-order valence-corrected chi connectivity index (χ3v) is 5.09. The summed E-state index contributed by atoms with van der Waals surface area (Å²) < 4.78 is 6.29.